The number of hydrogen-bond donors (Lipinski definition) is 3. The second-order valence-corrected chi connectivity index (χ2v) is 6.67. The van der Waals surface area contributed by atoms with Gasteiger partial charge >= 0.3 is 6.03 Å². The van der Waals surface area contributed by atoms with Crippen molar-refractivity contribution in [1.82, 2.24) is 20.9 Å². The van der Waals surface area contributed by atoms with Crippen LogP contribution in [-0.4, -0.2) is 44.1 Å². The van der Waals surface area contributed by atoms with E-state index in [4.69, 9.17) is 0 Å². The molecule has 0 bridgehead atoms. The first-order valence-corrected chi connectivity index (χ1v) is 8.93. The molecule has 0 atom stereocenters. The van der Waals surface area contributed by atoms with Crippen LogP contribution in [0.2, 0.25) is 0 Å². The second-order valence-electron chi connectivity index (χ2n) is 5.76. The lowest BCUT2D eigenvalue weighted by Gasteiger charge is -2.16. The molecule has 1 heterocycles. The summed E-state index contributed by atoms with van der Waals surface area (Å²) in [5, 5.41) is 8.26. The molecule has 1 aromatic heterocycles. The lowest BCUT2D eigenvalue weighted by Crippen LogP contribution is -2.40. The summed E-state index contributed by atoms with van der Waals surface area (Å²) in [5.41, 5.74) is 1.49. The van der Waals surface area contributed by atoms with Crippen LogP contribution < -0.4 is 20.9 Å². The SMILES string of the molecule is CN(C)c1ncccc1CNC(=O)NCCNC(=O)c1cccc(Br)c1. The van der Waals surface area contributed by atoms with E-state index >= 15 is 0 Å². The van der Waals surface area contributed by atoms with Crippen molar-refractivity contribution in [2.24, 2.45) is 0 Å². The highest BCUT2D eigenvalue weighted by atomic mass is 79.9. The van der Waals surface area contributed by atoms with Crippen LogP contribution in [0, 0.1) is 0 Å². The first kappa shape index (κ1) is 19.7. The molecule has 3 amide bonds. The molecule has 0 saturated carbocycles. The molecular weight excluding hydrogens is 398 g/mol. The lowest BCUT2D eigenvalue weighted by molar-refractivity contribution is 0.0953. The third kappa shape index (κ3) is 6.03. The van der Waals surface area contributed by atoms with Crippen molar-refractivity contribution in [3.05, 3.63) is 58.2 Å². The van der Waals surface area contributed by atoms with Crippen molar-refractivity contribution in [3.63, 3.8) is 0 Å². The number of hydrogen-bond acceptors (Lipinski definition) is 4. The smallest absolute Gasteiger partial charge is 0.315 e. The van der Waals surface area contributed by atoms with E-state index in [1.807, 2.05) is 37.2 Å². The summed E-state index contributed by atoms with van der Waals surface area (Å²) in [6.45, 7) is 1.05. The largest absolute Gasteiger partial charge is 0.362 e. The number of carbonyl (C=O) groups is 2. The zero-order chi connectivity index (χ0) is 18.9. The number of aromatic nitrogens is 1. The molecule has 2 aromatic rings. The van der Waals surface area contributed by atoms with Gasteiger partial charge in [0.05, 0.1) is 0 Å². The van der Waals surface area contributed by atoms with Crippen molar-refractivity contribution >= 4 is 33.7 Å². The molecule has 1 aromatic carbocycles. The predicted octanol–water partition coefficient (Wildman–Crippen LogP) is 2.14. The van der Waals surface area contributed by atoms with Gasteiger partial charge in [-0.1, -0.05) is 28.1 Å². The fourth-order valence-corrected chi connectivity index (χ4v) is 2.69. The molecule has 0 spiro atoms. The fourth-order valence-electron chi connectivity index (χ4n) is 2.29. The molecule has 2 rings (SSSR count). The number of amides is 3. The molecule has 26 heavy (non-hydrogen) atoms. The van der Waals surface area contributed by atoms with E-state index in [-0.39, 0.29) is 11.9 Å². The maximum absolute atomic E-state index is 12.0. The van der Waals surface area contributed by atoms with Crippen LogP contribution in [0.5, 0.6) is 0 Å². The van der Waals surface area contributed by atoms with E-state index in [9.17, 15) is 9.59 Å². The first-order valence-electron chi connectivity index (χ1n) is 8.14. The third-order valence-corrected chi connectivity index (χ3v) is 4.01. The molecule has 3 N–H and O–H groups in total. The number of nitrogens with zero attached hydrogens (tertiary/aromatic N) is 2. The second kappa shape index (κ2) is 9.76. The van der Waals surface area contributed by atoms with Crippen molar-refractivity contribution in [1.29, 1.82) is 0 Å². The summed E-state index contributed by atoms with van der Waals surface area (Å²) in [7, 11) is 3.81. The Labute approximate surface area is 161 Å². The van der Waals surface area contributed by atoms with E-state index in [2.05, 4.69) is 36.9 Å². The van der Waals surface area contributed by atoms with Gasteiger partial charge in [0, 0.05) is 55.5 Å². The minimum Gasteiger partial charge on any atom is -0.362 e. The standard InChI is InChI=1S/C18H22BrN5O2/c1-24(2)16-14(6-4-8-20-16)12-23-18(26)22-10-9-21-17(25)13-5-3-7-15(19)11-13/h3-8,11H,9-10,12H2,1-2H3,(H,21,25)(H2,22,23,26). The van der Waals surface area contributed by atoms with E-state index in [1.54, 1.807) is 24.4 Å². The van der Waals surface area contributed by atoms with Crippen molar-refractivity contribution in [3.8, 4) is 0 Å². The Kier molecular flexibility index (Phi) is 7.40. The first-order chi connectivity index (χ1) is 12.5. The van der Waals surface area contributed by atoms with Crippen LogP contribution in [0.15, 0.2) is 47.1 Å². The quantitative estimate of drug-likeness (QED) is 0.600. The van der Waals surface area contributed by atoms with Crippen LogP contribution in [0.25, 0.3) is 0 Å². The molecule has 0 unspecified atom stereocenters. The molecule has 0 aliphatic rings. The Morgan fingerprint density at radius 1 is 1.08 bits per heavy atom. The van der Waals surface area contributed by atoms with Gasteiger partial charge in [-0.3, -0.25) is 4.79 Å². The topological polar surface area (TPSA) is 86.4 Å². The molecule has 0 aliphatic heterocycles. The molecule has 7 nitrogen and oxygen atoms in total. The van der Waals surface area contributed by atoms with Gasteiger partial charge in [-0.25, -0.2) is 9.78 Å². The molecule has 0 fully saturated rings. The number of rotatable bonds is 7. The van der Waals surface area contributed by atoms with Gasteiger partial charge < -0.3 is 20.9 Å². The number of halogens is 1. The molecule has 8 heteroatoms. The Bertz CT molecular complexity index is 767. The maximum atomic E-state index is 12.0. The molecule has 0 saturated heterocycles. The van der Waals surface area contributed by atoms with Crippen LogP contribution in [0.1, 0.15) is 15.9 Å². The van der Waals surface area contributed by atoms with Crippen molar-refractivity contribution in [2.75, 3.05) is 32.1 Å². The van der Waals surface area contributed by atoms with Gasteiger partial charge in [0.15, 0.2) is 0 Å². The third-order valence-electron chi connectivity index (χ3n) is 3.51. The van der Waals surface area contributed by atoms with E-state index in [1.165, 1.54) is 0 Å². The predicted molar refractivity (Wildman–Crippen MR) is 105 cm³/mol. The van der Waals surface area contributed by atoms with Crippen molar-refractivity contribution < 1.29 is 9.59 Å². The summed E-state index contributed by atoms with van der Waals surface area (Å²) in [4.78, 5) is 30.0. The van der Waals surface area contributed by atoms with Gasteiger partial charge in [-0.15, -0.1) is 0 Å². The van der Waals surface area contributed by atoms with Crippen molar-refractivity contribution in [2.45, 2.75) is 6.54 Å². The van der Waals surface area contributed by atoms with Crippen LogP contribution >= 0.6 is 15.9 Å². The number of carbonyl (C=O) groups excluding carboxylic acids is 2. The number of nitrogens with one attached hydrogen (secondary N) is 3. The minimum atomic E-state index is -0.296. The van der Waals surface area contributed by atoms with E-state index in [0.717, 1.165) is 15.9 Å². The normalized spacial score (nSPS) is 10.1. The lowest BCUT2D eigenvalue weighted by atomic mass is 10.2. The number of urea groups is 1. The number of pyridine rings is 1. The summed E-state index contributed by atoms with van der Waals surface area (Å²) >= 11 is 3.33. The molecular formula is C18H22BrN5O2. The summed E-state index contributed by atoms with van der Waals surface area (Å²) in [5.74, 6) is 0.633. The monoisotopic (exact) mass is 419 g/mol. The highest BCUT2D eigenvalue weighted by Gasteiger charge is 2.08. The Morgan fingerprint density at radius 3 is 2.58 bits per heavy atom. The summed E-state index contributed by atoms with van der Waals surface area (Å²) in [6.07, 6.45) is 1.72. The van der Waals surface area contributed by atoms with E-state index < -0.39 is 0 Å². The zero-order valence-corrected chi connectivity index (χ0v) is 16.3. The molecule has 0 aliphatic carbocycles. The van der Waals surface area contributed by atoms with Gasteiger partial charge in [0.2, 0.25) is 0 Å². The Hall–Kier alpha value is -2.61. The zero-order valence-electron chi connectivity index (χ0n) is 14.8. The van der Waals surface area contributed by atoms with Crippen LogP contribution in [0.4, 0.5) is 10.6 Å². The highest BCUT2D eigenvalue weighted by Crippen LogP contribution is 2.13. The molecule has 0 radical (unpaired) electrons. The number of benzene rings is 1. The fraction of sp³-hybridized carbons (Fsp3) is 0.278. The van der Waals surface area contributed by atoms with Crippen LogP contribution in [-0.2, 0) is 6.54 Å². The number of anilines is 1. The average molecular weight is 420 g/mol. The summed E-state index contributed by atoms with van der Waals surface area (Å²) in [6, 6.07) is 10.6. The van der Waals surface area contributed by atoms with Gasteiger partial charge in [0.25, 0.3) is 5.91 Å². The van der Waals surface area contributed by atoms with Gasteiger partial charge in [-0.05, 0) is 24.3 Å². The minimum absolute atomic E-state index is 0.181. The summed E-state index contributed by atoms with van der Waals surface area (Å²) < 4.78 is 0.843. The van der Waals surface area contributed by atoms with Gasteiger partial charge in [-0.2, -0.15) is 0 Å². The van der Waals surface area contributed by atoms with E-state index in [0.29, 0.717) is 25.2 Å². The maximum Gasteiger partial charge on any atom is 0.315 e. The van der Waals surface area contributed by atoms with Crippen LogP contribution in [0.3, 0.4) is 0 Å². The highest BCUT2D eigenvalue weighted by molar-refractivity contribution is 9.10. The molecule has 138 valence electrons. The average Bonchev–Trinajstić information content (AvgIpc) is 2.63. The Morgan fingerprint density at radius 2 is 1.85 bits per heavy atom. The van der Waals surface area contributed by atoms with Gasteiger partial charge in [0.1, 0.15) is 5.82 Å². The Balaban J connectivity index is 1.70.